The van der Waals surface area contributed by atoms with Crippen LogP contribution in [0.2, 0.25) is 5.15 Å². The fraction of sp³-hybridized carbons (Fsp3) is 0.615. The van der Waals surface area contributed by atoms with Gasteiger partial charge in [0.05, 0.1) is 6.54 Å². The molecule has 1 saturated heterocycles. The molecule has 1 aromatic rings. The zero-order valence-corrected chi connectivity index (χ0v) is 12.1. The minimum Gasteiger partial charge on any atom is -0.359 e. The van der Waals surface area contributed by atoms with Gasteiger partial charge < -0.3 is 10.2 Å². The average molecular weight is 283 g/mol. The molecule has 0 radical (unpaired) electrons. The van der Waals surface area contributed by atoms with Crippen LogP contribution in [0.4, 0.5) is 5.82 Å². The molecule has 0 atom stereocenters. The average Bonchev–Trinajstić information content (AvgIpc) is 2.45. The van der Waals surface area contributed by atoms with Gasteiger partial charge in [0.2, 0.25) is 5.91 Å². The van der Waals surface area contributed by atoms with Crippen molar-refractivity contribution in [1.82, 2.24) is 15.1 Å². The summed E-state index contributed by atoms with van der Waals surface area (Å²) in [5.41, 5.74) is 1.83. The third-order valence-electron chi connectivity index (χ3n) is 3.58. The number of nitrogens with one attached hydrogen (secondary N) is 1. The van der Waals surface area contributed by atoms with Crippen molar-refractivity contribution < 1.29 is 4.79 Å². The maximum Gasteiger partial charge on any atom is 0.241 e. The van der Waals surface area contributed by atoms with Crippen molar-refractivity contribution >= 4 is 23.3 Å². The van der Waals surface area contributed by atoms with Crippen molar-refractivity contribution in [2.75, 3.05) is 25.0 Å². The van der Waals surface area contributed by atoms with E-state index in [1.807, 2.05) is 18.7 Å². The van der Waals surface area contributed by atoms with E-state index >= 15 is 0 Å². The highest BCUT2D eigenvalue weighted by molar-refractivity contribution is 6.30. The number of piperidine rings is 1. The Morgan fingerprint density at radius 2 is 1.89 bits per heavy atom. The van der Waals surface area contributed by atoms with Gasteiger partial charge in [-0.05, 0) is 44.2 Å². The van der Waals surface area contributed by atoms with Gasteiger partial charge in [-0.1, -0.05) is 11.6 Å². The van der Waals surface area contributed by atoms with Gasteiger partial charge in [-0.3, -0.25) is 4.79 Å². The van der Waals surface area contributed by atoms with Crippen LogP contribution in [0.5, 0.6) is 0 Å². The second-order valence-corrected chi connectivity index (χ2v) is 5.24. The van der Waals surface area contributed by atoms with Crippen molar-refractivity contribution in [2.45, 2.75) is 33.1 Å². The molecule has 19 heavy (non-hydrogen) atoms. The molecule has 1 aliphatic heterocycles. The molecule has 104 valence electrons. The first-order valence-electron chi connectivity index (χ1n) is 6.60. The molecule has 0 bridgehead atoms. The maximum absolute atomic E-state index is 12.0. The zero-order valence-electron chi connectivity index (χ0n) is 11.4. The van der Waals surface area contributed by atoms with Crippen LogP contribution in [-0.2, 0) is 4.79 Å². The SMILES string of the molecule is Cc1c(Cl)nnc(NCC(=O)N2CCCCC2)c1C. The lowest BCUT2D eigenvalue weighted by Gasteiger charge is -2.26. The van der Waals surface area contributed by atoms with Crippen LogP contribution in [0, 0.1) is 13.8 Å². The number of aromatic nitrogens is 2. The van der Waals surface area contributed by atoms with Gasteiger partial charge in [0.25, 0.3) is 0 Å². The number of likely N-dealkylation sites (tertiary alicyclic amines) is 1. The molecule has 1 aromatic heterocycles. The summed E-state index contributed by atoms with van der Waals surface area (Å²) in [6, 6.07) is 0. The van der Waals surface area contributed by atoms with E-state index in [1.165, 1.54) is 6.42 Å². The lowest BCUT2D eigenvalue weighted by molar-refractivity contribution is -0.130. The Labute approximate surface area is 118 Å². The van der Waals surface area contributed by atoms with Crippen LogP contribution in [0.15, 0.2) is 0 Å². The fourth-order valence-corrected chi connectivity index (χ4v) is 2.34. The molecular formula is C13H19ClN4O. The van der Waals surface area contributed by atoms with E-state index in [0.29, 0.717) is 11.0 Å². The molecule has 1 fully saturated rings. The van der Waals surface area contributed by atoms with Crippen LogP contribution in [0.1, 0.15) is 30.4 Å². The molecule has 1 amide bonds. The number of nitrogens with zero attached hydrogens (tertiary/aromatic N) is 3. The number of carbonyl (C=O) groups excluding carboxylic acids is 1. The van der Waals surface area contributed by atoms with Crippen LogP contribution >= 0.6 is 11.6 Å². The number of carbonyl (C=O) groups is 1. The van der Waals surface area contributed by atoms with E-state index in [1.54, 1.807) is 0 Å². The number of anilines is 1. The van der Waals surface area contributed by atoms with Gasteiger partial charge in [0.15, 0.2) is 11.0 Å². The monoisotopic (exact) mass is 282 g/mol. The van der Waals surface area contributed by atoms with Crippen molar-refractivity contribution in [3.63, 3.8) is 0 Å². The van der Waals surface area contributed by atoms with Crippen molar-refractivity contribution in [3.05, 3.63) is 16.3 Å². The molecule has 6 heteroatoms. The second-order valence-electron chi connectivity index (χ2n) is 4.88. The minimum absolute atomic E-state index is 0.119. The molecule has 0 aromatic carbocycles. The largest absolute Gasteiger partial charge is 0.359 e. The highest BCUT2D eigenvalue weighted by atomic mass is 35.5. The summed E-state index contributed by atoms with van der Waals surface area (Å²) in [5, 5.41) is 11.3. The van der Waals surface area contributed by atoms with Crippen LogP contribution in [-0.4, -0.2) is 40.6 Å². The van der Waals surface area contributed by atoms with Gasteiger partial charge in [-0.15, -0.1) is 10.2 Å². The molecule has 0 spiro atoms. The summed E-state index contributed by atoms with van der Waals surface area (Å²) in [4.78, 5) is 13.9. The van der Waals surface area contributed by atoms with E-state index in [-0.39, 0.29) is 12.5 Å². The predicted octanol–water partition coefficient (Wildman–Crippen LogP) is 2.17. The van der Waals surface area contributed by atoms with Gasteiger partial charge in [-0.25, -0.2) is 0 Å². The lowest BCUT2D eigenvalue weighted by Crippen LogP contribution is -2.39. The summed E-state index contributed by atoms with van der Waals surface area (Å²) < 4.78 is 0. The van der Waals surface area contributed by atoms with Crippen molar-refractivity contribution in [3.8, 4) is 0 Å². The smallest absolute Gasteiger partial charge is 0.241 e. The summed E-state index contributed by atoms with van der Waals surface area (Å²) in [6.45, 7) is 5.81. The summed E-state index contributed by atoms with van der Waals surface area (Å²) in [5.74, 6) is 0.751. The topological polar surface area (TPSA) is 58.1 Å². The molecule has 0 aliphatic carbocycles. The van der Waals surface area contributed by atoms with E-state index in [9.17, 15) is 4.79 Å². The fourth-order valence-electron chi connectivity index (χ4n) is 2.16. The normalized spacial score (nSPS) is 15.4. The third-order valence-corrected chi connectivity index (χ3v) is 3.94. The van der Waals surface area contributed by atoms with E-state index in [0.717, 1.165) is 37.1 Å². The first-order valence-corrected chi connectivity index (χ1v) is 6.98. The minimum atomic E-state index is 0.119. The van der Waals surface area contributed by atoms with Gasteiger partial charge >= 0.3 is 0 Å². The van der Waals surface area contributed by atoms with Gasteiger partial charge in [0.1, 0.15) is 0 Å². The molecule has 1 aliphatic rings. The van der Waals surface area contributed by atoms with Gasteiger partial charge in [-0.2, -0.15) is 0 Å². The Morgan fingerprint density at radius 1 is 1.21 bits per heavy atom. The van der Waals surface area contributed by atoms with Crippen LogP contribution in [0.3, 0.4) is 0 Å². The number of halogens is 1. The Bertz CT molecular complexity index is 472. The molecule has 2 heterocycles. The molecule has 5 nitrogen and oxygen atoms in total. The molecule has 0 saturated carbocycles. The quantitative estimate of drug-likeness (QED) is 0.923. The van der Waals surface area contributed by atoms with E-state index < -0.39 is 0 Å². The Hall–Kier alpha value is -1.36. The Balaban J connectivity index is 1.95. The van der Waals surface area contributed by atoms with Crippen molar-refractivity contribution in [1.29, 1.82) is 0 Å². The predicted molar refractivity (Wildman–Crippen MR) is 75.4 cm³/mol. The molecule has 2 rings (SSSR count). The molecule has 0 unspecified atom stereocenters. The number of rotatable bonds is 3. The van der Waals surface area contributed by atoms with E-state index in [4.69, 9.17) is 11.6 Å². The van der Waals surface area contributed by atoms with Crippen molar-refractivity contribution in [2.24, 2.45) is 0 Å². The first kappa shape index (κ1) is 14.1. The summed E-state index contributed by atoms with van der Waals surface area (Å²) in [7, 11) is 0. The highest BCUT2D eigenvalue weighted by Gasteiger charge is 2.17. The number of hydrogen-bond donors (Lipinski definition) is 1. The molecule has 1 N–H and O–H groups in total. The second kappa shape index (κ2) is 6.19. The van der Waals surface area contributed by atoms with E-state index in [2.05, 4.69) is 15.5 Å². The molecular weight excluding hydrogens is 264 g/mol. The standard InChI is InChI=1S/C13H19ClN4O/c1-9-10(2)13(17-16-12(9)14)15-8-11(19)18-6-4-3-5-7-18/h3-8H2,1-2H3,(H,15,17). The van der Waals surface area contributed by atoms with Crippen LogP contribution < -0.4 is 5.32 Å². The Kier molecular flexibility index (Phi) is 4.58. The summed E-state index contributed by atoms with van der Waals surface area (Å²) >= 11 is 5.89. The number of hydrogen-bond acceptors (Lipinski definition) is 4. The summed E-state index contributed by atoms with van der Waals surface area (Å²) in [6.07, 6.45) is 3.42. The van der Waals surface area contributed by atoms with Gasteiger partial charge in [0, 0.05) is 13.1 Å². The lowest BCUT2D eigenvalue weighted by atomic mass is 10.1. The Morgan fingerprint density at radius 3 is 2.58 bits per heavy atom. The highest BCUT2D eigenvalue weighted by Crippen LogP contribution is 2.20. The maximum atomic E-state index is 12.0. The number of amides is 1. The first-order chi connectivity index (χ1) is 9.09. The zero-order chi connectivity index (χ0) is 13.8. The van der Waals surface area contributed by atoms with Crippen LogP contribution in [0.25, 0.3) is 0 Å². The third kappa shape index (κ3) is 3.35.